The first-order valence-electron chi connectivity index (χ1n) is 6.04. The highest BCUT2D eigenvalue weighted by Crippen LogP contribution is 2.18. The summed E-state index contributed by atoms with van der Waals surface area (Å²) < 4.78 is 26.0. The van der Waals surface area contributed by atoms with Gasteiger partial charge >= 0.3 is 0 Å². The van der Waals surface area contributed by atoms with Crippen molar-refractivity contribution < 1.29 is 8.78 Å². The van der Waals surface area contributed by atoms with Gasteiger partial charge in [-0.1, -0.05) is 12.1 Å². The quantitative estimate of drug-likeness (QED) is 0.917. The summed E-state index contributed by atoms with van der Waals surface area (Å²) in [5, 5.41) is 0. The van der Waals surface area contributed by atoms with Crippen LogP contribution in [0.4, 0.5) is 14.5 Å². The molecule has 2 aromatic carbocycles. The zero-order chi connectivity index (χ0) is 13.8. The average Bonchev–Trinajstić information content (AvgIpc) is 2.39. The number of hydrogen-bond acceptors (Lipinski definition) is 2. The van der Waals surface area contributed by atoms with E-state index in [1.54, 1.807) is 24.3 Å². The highest BCUT2D eigenvalue weighted by Gasteiger charge is 2.10. The molecule has 19 heavy (non-hydrogen) atoms. The van der Waals surface area contributed by atoms with Crippen molar-refractivity contribution in [3.05, 3.63) is 65.7 Å². The molecule has 2 nitrogen and oxygen atoms in total. The highest BCUT2D eigenvalue weighted by atomic mass is 19.1. The van der Waals surface area contributed by atoms with Gasteiger partial charge in [0.25, 0.3) is 0 Å². The van der Waals surface area contributed by atoms with Gasteiger partial charge in [0, 0.05) is 25.3 Å². The fraction of sp³-hybridized carbons (Fsp3) is 0.200. The summed E-state index contributed by atoms with van der Waals surface area (Å²) >= 11 is 0. The van der Waals surface area contributed by atoms with E-state index in [0.717, 1.165) is 11.3 Å². The Kier molecular flexibility index (Phi) is 4.12. The number of hydrogen-bond donors (Lipinski definition) is 1. The Hall–Kier alpha value is -1.94. The van der Waals surface area contributed by atoms with Crippen molar-refractivity contribution in [1.29, 1.82) is 0 Å². The SMILES string of the molecule is CN(CC(N)c1cccc(F)c1)c1ccc(F)cc1. The molecule has 0 saturated carbocycles. The Morgan fingerprint density at radius 1 is 1.05 bits per heavy atom. The summed E-state index contributed by atoms with van der Waals surface area (Å²) in [7, 11) is 1.87. The first-order valence-corrected chi connectivity index (χ1v) is 6.04. The molecule has 2 N–H and O–H groups in total. The molecule has 0 heterocycles. The first kappa shape index (κ1) is 13.5. The van der Waals surface area contributed by atoms with Crippen LogP contribution < -0.4 is 10.6 Å². The second kappa shape index (κ2) is 5.80. The Bertz CT molecular complexity index is 540. The predicted molar refractivity (Wildman–Crippen MR) is 73.0 cm³/mol. The molecular formula is C15H16F2N2. The van der Waals surface area contributed by atoms with Crippen LogP contribution in [0.25, 0.3) is 0 Å². The van der Waals surface area contributed by atoms with Crippen LogP contribution in [0, 0.1) is 11.6 Å². The van der Waals surface area contributed by atoms with Crippen molar-refractivity contribution in [2.24, 2.45) is 5.73 Å². The molecule has 1 unspecified atom stereocenters. The third-order valence-electron chi connectivity index (χ3n) is 3.01. The van der Waals surface area contributed by atoms with Crippen LogP contribution in [0.5, 0.6) is 0 Å². The van der Waals surface area contributed by atoms with Crippen molar-refractivity contribution in [3.63, 3.8) is 0 Å². The summed E-state index contributed by atoms with van der Waals surface area (Å²) in [5.41, 5.74) is 7.66. The smallest absolute Gasteiger partial charge is 0.123 e. The van der Waals surface area contributed by atoms with E-state index in [1.165, 1.54) is 24.3 Å². The van der Waals surface area contributed by atoms with Gasteiger partial charge in [-0.05, 0) is 42.0 Å². The number of likely N-dealkylation sites (N-methyl/N-ethyl adjacent to an activating group) is 1. The van der Waals surface area contributed by atoms with Gasteiger partial charge in [0.15, 0.2) is 0 Å². The molecule has 0 saturated heterocycles. The maximum atomic E-state index is 13.1. The number of nitrogens with zero attached hydrogens (tertiary/aromatic N) is 1. The van der Waals surface area contributed by atoms with E-state index in [9.17, 15) is 8.78 Å². The molecule has 100 valence electrons. The second-order valence-corrected chi connectivity index (χ2v) is 4.52. The van der Waals surface area contributed by atoms with Gasteiger partial charge in [-0.15, -0.1) is 0 Å². The third-order valence-corrected chi connectivity index (χ3v) is 3.01. The molecule has 0 aliphatic carbocycles. The molecule has 0 spiro atoms. The average molecular weight is 262 g/mol. The zero-order valence-corrected chi connectivity index (χ0v) is 10.7. The van der Waals surface area contributed by atoms with Crippen molar-refractivity contribution in [2.75, 3.05) is 18.5 Å². The van der Waals surface area contributed by atoms with Crippen LogP contribution >= 0.6 is 0 Å². The molecule has 1 atom stereocenters. The number of anilines is 1. The Balaban J connectivity index is 2.06. The lowest BCUT2D eigenvalue weighted by atomic mass is 10.1. The molecule has 0 amide bonds. The minimum Gasteiger partial charge on any atom is -0.373 e. The lowest BCUT2D eigenvalue weighted by Crippen LogP contribution is -2.29. The monoisotopic (exact) mass is 262 g/mol. The zero-order valence-electron chi connectivity index (χ0n) is 10.7. The molecular weight excluding hydrogens is 246 g/mol. The lowest BCUT2D eigenvalue weighted by molar-refractivity contribution is 0.617. The molecule has 0 aliphatic rings. The van der Waals surface area contributed by atoms with Crippen LogP contribution in [0.3, 0.4) is 0 Å². The van der Waals surface area contributed by atoms with Crippen molar-refractivity contribution in [2.45, 2.75) is 6.04 Å². The Labute approximate surface area is 111 Å². The van der Waals surface area contributed by atoms with E-state index in [1.807, 2.05) is 11.9 Å². The van der Waals surface area contributed by atoms with Crippen LogP contribution in [0.1, 0.15) is 11.6 Å². The molecule has 0 fully saturated rings. The minimum atomic E-state index is -0.300. The summed E-state index contributed by atoms with van der Waals surface area (Å²) in [6.45, 7) is 0.523. The number of halogens is 2. The summed E-state index contributed by atoms with van der Waals surface area (Å²) in [6, 6.07) is 12.1. The molecule has 2 rings (SSSR count). The van der Waals surface area contributed by atoms with E-state index in [-0.39, 0.29) is 17.7 Å². The molecule has 0 aromatic heterocycles. The van der Waals surface area contributed by atoms with E-state index >= 15 is 0 Å². The van der Waals surface area contributed by atoms with Gasteiger partial charge < -0.3 is 10.6 Å². The normalized spacial score (nSPS) is 12.2. The predicted octanol–water partition coefficient (Wildman–Crippen LogP) is 3.10. The van der Waals surface area contributed by atoms with E-state index in [0.29, 0.717) is 6.54 Å². The fourth-order valence-corrected chi connectivity index (χ4v) is 1.94. The maximum Gasteiger partial charge on any atom is 0.123 e. The number of nitrogens with two attached hydrogens (primary N) is 1. The highest BCUT2D eigenvalue weighted by molar-refractivity contribution is 5.45. The molecule has 0 radical (unpaired) electrons. The summed E-state index contributed by atoms with van der Waals surface area (Å²) in [5.74, 6) is -0.566. The maximum absolute atomic E-state index is 13.1. The standard InChI is InChI=1S/C15H16F2N2/c1-19(14-7-5-12(16)6-8-14)10-15(18)11-3-2-4-13(17)9-11/h2-9,15H,10,18H2,1H3. The van der Waals surface area contributed by atoms with Crippen molar-refractivity contribution >= 4 is 5.69 Å². The fourth-order valence-electron chi connectivity index (χ4n) is 1.94. The Morgan fingerprint density at radius 2 is 1.74 bits per heavy atom. The molecule has 4 heteroatoms. The Morgan fingerprint density at radius 3 is 2.37 bits per heavy atom. The van der Waals surface area contributed by atoms with Gasteiger partial charge in [0.2, 0.25) is 0 Å². The van der Waals surface area contributed by atoms with Crippen LogP contribution in [0.2, 0.25) is 0 Å². The third kappa shape index (κ3) is 3.51. The molecule has 2 aromatic rings. The van der Waals surface area contributed by atoms with Crippen molar-refractivity contribution in [3.8, 4) is 0 Å². The number of rotatable bonds is 4. The first-order chi connectivity index (χ1) is 9.06. The largest absolute Gasteiger partial charge is 0.373 e. The second-order valence-electron chi connectivity index (χ2n) is 4.52. The van der Waals surface area contributed by atoms with E-state index in [2.05, 4.69) is 0 Å². The van der Waals surface area contributed by atoms with Gasteiger partial charge in [-0.25, -0.2) is 8.78 Å². The van der Waals surface area contributed by atoms with Gasteiger partial charge in [-0.2, -0.15) is 0 Å². The molecule has 0 bridgehead atoms. The molecule has 0 aliphatic heterocycles. The van der Waals surface area contributed by atoms with Crippen LogP contribution in [-0.4, -0.2) is 13.6 Å². The van der Waals surface area contributed by atoms with Gasteiger partial charge in [-0.3, -0.25) is 0 Å². The summed E-state index contributed by atoms with van der Waals surface area (Å²) in [6.07, 6.45) is 0. The van der Waals surface area contributed by atoms with Crippen LogP contribution in [0.15, 0.2) is 48.5 Å². The minimum absolute atomic E-state index is 0.272. The number of benzene rings is 2. The van der Waals surface area contributed by atoms with Gasteiger partial charge in [0.05, 0.1) is 0 Å². The topological polar surface area (TPSA) is 29.3 Å². The summed E-state index contributed by atoms with van der Waals surface area (Å²) in [4.78, 5) is 1.91. The van der Waals surface area contributed by atoms with Crippen LogP contribution in [-0.2, 0) is 0 Å². The lowest BCUT2D eigenvalue weighted by Gasteiger charge is -2.23. The van der Waals surface area contributed by atoms with Gasteiger partial charge in [0.1, 0.15) is 11.6 Å². The van der Waals surface area contributed by atoms with Crippen molar-refractivity contribution in [1.82, 2.24) is 0 Å². The van der Waals surface area contributed by atoms with E-state index in [4.69, 9.17) is 5.73 Å². The van der Waals surface area contributed by atoms with E-state index < -0.39 is 0 Å².